The van der Waals surface area contributed by atoms with Crippen molar-refractivity contribution in [1.29, 1.82) is 0 Å². The second-order valence-corrected chi connectivity index (χ2v) is 11.5. The monoisotopic (exact) mass is 248 g/mol. The van der Waals surface area contributed by atoms with Crippen LogP contribution < -0.4 is 9.24 Å². The highest BCUT2D eigenvalue weighted by atomic mass is 32.1. The summed E-state index contributed by atoms with van der Waals surface area (Å²) in [4.78, 5) is 12.0. The van der Waals surface area contributed by atoms with Gasteiger partial charge in [-0.05, 0) is 28.4 Å². The maximum atomic E-state index is 12.0. The summed E-state index contributed by atoms with van der Waals surface area (Å²) in [5, 5.41) is 2.00. The minimum absolute atomic E-state index is 0.207. The van der Waals surface area contributed by atoms with E-state index in [0.29, 0.717) is 0 Å². The molecule has 0 unspecified atom stereocenters. The van der Waals surface area contributed by atoms with Gasteiger partial charge in [-0.2, -0.15) is 0 Å². The van der Waals surface area contributed by atoms with E-state index in [1.807, 2.05) is 18.2 Å². The first kappa shape index (κ1) is 11.5. The van der Waals surface area contributed by atoms with E-state index in [1.165, 1.54) is 21.4 Å². The molecule has 2 aromatic rings. The molecule has 0 radical (unpaired) electrons. The van der Waals surface area contributed by atoms with Crippen LogP contribution in [-0.2, 0) is 0 Å². The van der Waals surface area contributed by atoms with E-state index in [9.17, 15) is 4.79 Å². The van der Waals surface area contributed by atoms with Crippen LogP contribution in [0.15, 0.2) is 29.1 Å². The first-order valence-corrected chi connectivity index (χ1v) is 9.76. The first-order valence-electron chi connectivity index (χ1n) is 5.44. The third-order valence-electron chi connectivity index (χ3n) is 2.77. The molecule has 1 nitrogen and oxygen atoms in total. The number of fused-ring (bicyclic) bond motifs is 1. The number of hydrogen-bond acceptors (Lipinski definition) is 2. The molecule has 0 aliphatic heterocycles. The van der Waals surface area contributed by atoms with Gasteiger partial charge in [0.1, 0.15) is 0 Å². The molecule has 0 spiro atoms. The first-order chi connectivity index (χ1) is 7.41. The van der Waals surface area contributed by atoms with Gasteiger partial charge in [-0.25, -0.2) is 0 Å². The number of benzene rings is 1. The quantitative estimate of drug-likeness (QED) is 0.709. The second kappa shape index (κ2) is 3.82. The van der Waals surface area contributed by atoms with Crippen molar-refractivity contribution in [1.82, 2.24) is 0 Å². The van der Waals surface area contributed by atoms with Gasteiger partial charge in [-0.3, -0.25) is 4.79 Å². The molecule has 0 saturated heterocycles. The van der Waals surface area contributed by atoms with E-state index in [1.54, 1.807) is 0 Å². The molecule has 3 heteroatoms. The third-order valence-corrected chi connectivity index (χ3v) is 7.56. The lowest BCUT2D eigenvalue weighted by atomic mass is 10.1. The zero-order valence-electron chi connectivity index (χ0n) is 10.1. The van der Waals surface area contributed by atoms with E-state index < -0.39 is 8.07 Å². The molecule has 0 atom stereocenters. The van der Waals surface area contributed by atoms with Gasteiger partial charge in [0, 0.05) is 5.39 Å². The third kappa shape index (κ3) is 1.85. The summed E-state index contributed by atoms with van der Waals surface area (Å²) in [6.07, 6.45) is 0. The SMILES string of the molecule is Cc1c([Si](C)(C)C)sc(=O)c2ccccc12. The maximum absolute atomic E-state index is 12.0. The molecule has 0 amide bonds. The molecule has 0 fully saturated rings. The molecule has 1 aromatic heterocycles. The van der Waals surface area contributed by atoms with E-state index >= 15 is 0 Å². The Morgan fingerprint density at radius 1 is 1.06 bits per heavy atom. The zero-order valence-corrected chi connectivity index (χ0v) is 11.9. The van der Waals surface area contributed by atoms with Gasteiger partial charge in [-0.1, -0.05) is 37.8 Å². The summed E-state index contributed by atoms with van der Waals surface area (Å²) in [7, 11) is -1.41. The Morgan fingerprint density at radius 2 is 1.62 bits per heavy atom. The van der Waals surface area contributed by atoms with Crippen LogP contribution in [0.5, 0.6) is 0 Å². The Hall–Kier alpha value is -0.933. The lowest BCUT2D eigenvalue weighted by Gasteiger charge is -2.19. The summed E-state index contributed by atoms with van der Waals surface area (Å²) in [6.45, 7) is 9.02. The van der Waals surface area contributed by atoms with Crippen molar-refractivity contribution in [2.24, 2.45) is 0 Å². The smallest absolute Gasteiger partial charge is 0.240 e. The van der Waals surface area contributed by atoms with Crippen LogP contribution in [0, 0.1) is 6.92 Å². The molecule has 0 N–H and O–H groups in total. The van der Waals surface area contributed by atoms with Gasteiger partial charge in [0.2, 0.25) is 4.74 Å². The number of rotatable bonds is 1. The Labute approximate surface area is 101 Å². The van der Waals surface area contributed by atoms with Gasteiger partial charge < -0.3 is 0 Å². The molecule has 0 bridgehead atoms. The van der Waals surface area contributed by atoms with Crippen molar-refractivity contribution in [2.45, 2.75) is 26.6 Å². The second-order valence-electron chi connectivity index (χ2n) is 5.14. The van der Waals surface area contributed by atoms with Gasteiger partial charge in [0.05, 0.1) is 8.07 Å². The Bertz CT molecular complexity index is 593. The molecule has 16 heavy (non-hydrogen) atoms. The Balaban J connectivity index is 2.92. The van der Waals surface area contributed by atoms with Crippen molar-refractivity contribution in [3.8, 4) is 0 Å². The minimum atomic E-state index is -1.41. The lowest BCUT2D eigenvalue weighted by Crippen LogP contribution is -2.39. The summed E-state index contributed by atoms with van der Waals surface area (Å²) in [5.41, 5.74) is 1.30. The summed E-state index contributed by atoms with van der Waals surface area (Å²) < 4.78 is 1.54. The summed E-state index contributed by atoms with van der Waals surface area (Å²) in [6, 6.07) is 7.93. The highest BCUT2D eigenvalue weighted by molar-refractivity contribution is 7.25. The fourth-order valence-electron chi connectivity index (χ4n) is 2.05. The fraction of sp³-hybridized carbons (Fsp3) is 0.308. The molecule has 1 heterocycles. The number of aryl methyl sites for hydroxylation is 1. The van der Waals surface area contributed by atoms with Gasteiger partial charge in [0.25, 0.3) is 0 Å². The van der Waals surface area contributed by atoms with E-state index in [0.717, 1.165) is 10.8 Å². The minimum Gasteiger partial charge on any atom is -0.277 e. The molecule has 2 rings (SSSR count). The van der Waals surface area contributed by atoms with Gasteiger partial charge in [0.15, 0.2) is 0 Å². The Morgan fingerprint density at radius 3 is 2.19 bits per heavy atom. The average molecular weight is 248 g/mol. The fourth-order valence-corrected chi connectivity index (χ4v) is 5.55. The van der Waals surface area contributed by atoms with Gasteiger partial charge in [-0.15, -0.1) is 11.3 Å². The standard InChI is InChI=1S/C13H16OSSi/c1-9-10-7-5-6-8-11(10)12(14)15-13(9)16(2,3)4/h5-8H,1-4H3. The van der Waals surface area contributed by atoms with Crippen molar-refractivity contribution in [3.05, 3.63) is 39.4 Å². The predicted molar refractivity (Wildman–Crippen MR) is 75.8 cm³/mol. The summed E-state index contributed by atoms with van der Waals surface area (Å²) >= 11 is 1.45. The van der Waals surface area contributed by atoms with Crippen LogP contribution >= 0.6 is 11.3 Å². The van der Waals surface area contributed by atoms with E-state index in [-0.39, 0.29) is 4.74 Å². The highest BCUT2D eigenvalue weighted by Crippen LogP contribution is 2.18. The predicted octanol–water partition coefficient (Wildman–Crippen LogP) is 3.12. The normalized spacial score (nSPS) is 12.0. The van der Waals surface area contributed by atoms with Crippen LogP contribution in [0.2, 0.25) is 19.6 Å². The van der Waals surface area contributed by atoms with Crippen LogP contribution in [0.3, 0.4) is 0 Å². The van der Waals surface area contributed by atoms with E-state index in [2.05, 4.69) is 32.6 Å². The van der Waals surface area contributed by atoms with Crippen LogP contribution in [0.1, 0.15) is 5.56 Å². The van der Waals surface area contributed by atoms with Gasteiger partial charge >= 0.3 is 0 Å². The van der Waals surface area contributed by atoms with Crippen LogP contribution in [0.25, 0.3) is 10.8 Å². The van der Waals surface area contributed by atoms with Crippen molar-refractivity contribution in [2.75, 3.05) is 0 Å². The lowest BCUT2D eigenvalue weighted by molar-refractivity contribution is 1.58. The summed E-state index contributed by atoms with van der Waals surface area (Å²) in [5.74, 6) is 0. The molecule has 0 saturated carbocycles. The largest absolute Gasteiger partial charge is 0.277 e. The van der Waals surface area contributed by atoms with Crippen molar-refractivity contribution < 1.29 is 0 Å². The van der Waals surface area contributed by atoms with E-state index in [4.69, 9.17) is 0 Å². The topological polar surface area (TPSA) is 17.1 Å². The molecule has 1 aromatic carbocycles. The molecular weight excluding hydrogens is 232 g/mol. The van der Waals surface area contributed by atoms with Crippen molar-refractivity contribution in [3.63, 3.8) is 0 Å². The molecule has 0 aliphatic rings. The maximum Gasteiger partial charge on any atom is 0.240 e. The molecular formula is C13H16OSSi. The Kier molecular flexibility index (Phi) is 2.76. The highest BCUT2D eigenvalue weighted by Gasteiger charge is 2.22. The van der Waals surface area contributed by atoms with Crippen molar-refractivity contribution >= 4 is 34.7 Å². The van der Waals surface area contributed by atoms with Crippen LogP contribution in [-0.4, -0.2) is 8.07 Å². The zero-order chi connectivity index (χ0) is 11.9. The average Bonchev–Trinajstić information content (AvgIpc) is 2.22. The molecule has 0 aliphatic carbocycles. The molecule has 84 valence electrons. The number of hydrogen-bond donors (Lipinski definition) is 0. The van der Waals surface area contributed by atoms with Crippen LogP contribution in [0.4, 0.5) is 0 Å².